The summed E-state index contributed by atoms with van der Waals surface area (Å²) in [5.74, 6) is 0.104. The first kappa shape index (κ1) is 11.6. The fourth-order valence-electron chi connectivity index (χ4n) is 1.21. The van der Waals surface area contributed by atoms with Gasteiger partial charge in [0, 0.05) is 16.6 Å². The predicted octanol–water partition coefficient (Wildman–Crippen LogP) is 3.38. The van der Waals surface area contributed by atoms with Crippen molar-refractivity contribution in [1.82, 2.24) is 0 Å². The molecule has 0 saturated carbocycles. The fourth-order valence-corrected chi connectivity index (χ4v) is 1.85. The molecular formula is C10H11BrClNO. The van der Waals surface area contributed by atoms with Crippen LogP contribution in [0.3, 0.4) is 0 Å². The third-order valence-electron chi connectivity index (χ3n) is 1.91. The van der Waals surface area contributed by atoms with Crippen LogP contribution in [0.15, 0.2) is 29.3 Å². The normalized spacial score (nSPS) is 12.5. The number of nitrogens with two attached hydrogens (primary N) is 1. The minimum atomic E-state index is -0.322. The van der Waals surface area contributed by atoms with Gasteiger partial charge in [-0.2, -0.15) is 0 Å². The second kappa shape index (κ2) is 4.82. The summed E-state index contributed by atoms with van der Waals surface area (Å²) in [4.78, 5) is 0. The highest BCUT2D eigenvalue weighted by Crippen LogP contribution is 2.37. The zero-order valence-electron chi connectivity index (χ0n) is 7.50. The first-order chi connectivity index (χ1) is 6.57. The lowest BCUT2D eigenvalue weighted by molar-refractivity contribution is 0.458. The average molecular weight is 277 g/mol. The van der Waals surface area contributed by atoms with E-state index < -0.39 is 0 Å². The molecule has 0 aliphatic heterocycles. The van der Waals surface area contributed by atoms with Crippen LogP contribution in [0.2, 0.25) is 5.02 Å². The van der Waals surface area contributed by atoms with Gasteiger partial charge in [0.25, 0.3) is 0 Å². The molecule has 0 heterocycles. The number of aromatic hydroxyl groups is 1. The topological polar surface area (TPSA) is 46.2 Å². The second-order valence-corrected chi connectivity index (χ2v) is 4.18. The van der Waals surface area contributed by atoms with E-state index >= 15 is 0 Å². The average Bonchev–Trinajstić information content (AvgIpc) is 2.13. The van der Waals surface area contributed by atoms with E-state index in [9.17, 15) is 5.11 Å². The Labute approximate surface area is 96.5 Å². The second-order valence-electron chi connectivity index (χ2n) is 2.92. The molecule has 1 aromatic rings. The number of rotatable bonds is 3. The number of phenols is 1. The molecule has 0 aliphatic rings. The van der Waals surface area contributed by atoms with Crippen molar-refractivity contribution in [2.75, 3.05) is 0 Å². The maximum atomic E-state index is 9.73. The molecule has 4 heteroatoms. The van der Waals surface area contributed by atoms with E-state index in [1.54, 1.807) is 18.2 Å². The quantitative estimate of drug-likeness (QED) is 0.831. The van der Waals surface area contributed by atoms with E-state index in [0.717, 1.165) is 0 Å². The summed E-state index contributed by atoms with van der Waals surface area (Å²) in [6.45, 7) is 3.59. The van der Waals surface area contributed by atoms with Gasteiger partial charge in [-0.3, -0.25) is 0 Å². The lowest BCUT2D eigenvalue weighted by atomic mass is 10.0. The van der Waals surface area contributed by atoms with Gasteiger partial charge >= 0.3 is 0 Å². The van der Waals surface area contributed by atoms with Crippen LogP contribution in [0.4, 0.5) is 0 Å². The summed E-state index contributed by atoms with van der Waals surface area (Å²) in [6.07, 6.45) is 2.27. The SMILES string of the molecule is C=CC[C@H](N)c1c(Cl)ccc(Br)c1O. The molecule has 76 valence electrons. The Balaban J connectivity index is 3.17. The molecule has 0 amide bonds. The van der Waals surface area contributed by atoms with Crippen molar-refractivity contribution in [1.29, 1.82) is 0 Å². The molecule has 0 aliphatic carbocycles. The van der Waals surface area contributed by atoms with Gasteiger partial charge in [0.1, 0.15) is 5.75 Å². The van der Waals surface area contributed by atoms with Crippen LogP contribution < -0.4 is 5.73 Å². The summed E-state index contributed by atoms with van der Waals surface area (Å²) < 4.78 is 0.594. The van der Waals surface area contributed by atoms with Crippen molar-refractivity contribution in [3.05, 3.63) is 39.8 Å². The highest BCUT2D eigenvalue weighted by atomic mass is 79.9. The smallest absolute Gasteiger partial charge is 0.136 e. The van der Waals surface area contributed by atoms with Gasteiger partial charge in [-0.25, -0.2) is 0 Å². The van der Waals surface area contributed by atoms with Crippen molar-refractivity contribution < 1.29 is 5.11 Å². The molecule has 14 heavy (non-hydrogen) atoms. The van der Waals surface area contributed by atoms with E-state index in [2.05, 4.69) is 22.5 Å². The Bertz CT molecular complexity index is 354. The highest BCUT2D eigenvalue weighted by Gasteiger charge is 2.15. The lowest BCUT2D eigenvalue weighted by Crippen LogP contribution is -2.10. The molecule has 2 nitrogen and oxygen atoms in total. The maximum Gasteiger partial charge on any atom is 0.136 e. The van der Waals surface area contributed by atoms with Crippen molar-refractivity contribution in [3.8, 4) is 5.75 Å². The third-order valence-corrected chi connectivity index (χ3v) is 2.88. The van der Waals surface area contributed by atoms with Gasteiger partial charge < -0.3 is 10.8 Å². The number of hydrogen-bond acceptors (Lipinski definition) is 2. The van der Waals surface area contributed by atoms with Crippen LogP contribution in [-0.2, 0) is 0 Å². The molecular weight excluding hydrogens is 265 g/mol. The molecule has 1 atom stereocenters. The zero-order chi connectivity index (χ0) is 10.7. The molecule has 0 unspecified atom stereocenters. The van der Waals surface area contributed by atoms with Crippen LogP contribution >= 0.6 is 27.5 Å². The molecule has 0 spiro atoms. The van der Waals surface area contributed by atoms with Crippen molar-refractivity contribution in [3.63, 3.8) is 0 Å². The summed E-state index contributed by atoms with van der Waals surface area (Å²) in [7, 11) is 0. The van der Waals surface area contributed by atoms with E-state index in [1.807, 2.05) is 0 Å². The first-order valence-corrected chi connectivity index (χ1v) is 5.28. The summed E-state index contributed by atoms with van der Waals surface area (Å²) in [5.41, 5.74) is 6.40. The summed E-state index contributed by atoms with van der Waals surface area (Å²) in [6, 6.07) is 3.06. The number of hydrogen-bond donors (Lipinski definition) is 2. The van der Waals surface area contributed by atoms with Crippen molar-refractivity contribution in [2.24, 2.45) is 5.73 Å². The molecule has 1 aromatic carbocycles. The predicted molar refractivity (Wildman–Crippen MR) is 62.6 cm³/mol. The van der Waals surface area contributed by atoms with Gasteiger partial charge in [-0.1, -0.05) is 17.7 Å². The first-order valence-electron chi connectivity index (χ1n) is 4.11. The standard InChI is InChI=1S/C10H11BrClNO/c1-2-3-8(13)9-7(12)5-4-6(11)10(9)14/h2,4-5,8,14H,1,3,13H2/t8-/m0/s1. The van der Waals surface area contributed by atoms with Gasteiger partial charge in [-0.05, 0) is 34.5 Å². The van der Waals surface area contributed by atoms with Gasteiger partial charge in [-0.15, -0.1) is 6.58 Å². The van der Waals surface area contributed by atoms with E-state index in [4.69, 9.17) is 17.3 Å². The van der Waals surface area contributed by atoms with Gasteiger partial charge in [0.15, 0.2) is 0 Å². The monoisotopic (exact) mass is 275 g/mol. The fraction of sp³-hybridized carbons (Fsp3) is 0.200. The van der Waals surface area contributed by atoms with Gasteiger partial charge in [0.2, 0.25) is 0 Å². The van der Waals surface area contributed by atoms with Crippen molar-refractivity contribution >= 4 is 27.5 Å². The molecule has 0 aromatic heterocycles. The maximum absolute atomic E-state index is 9.73. The molecule has 0 saturated heterocycles. The van der Waals surface area contributed by atoms with Crippen LogP contribution in [-0.4, -0.2) is 5.11 Å². The third kappa shape index (κ3) is 2.29. The molecule has 0 bridgehead atoms. The largest absolute Gasteiger partial charge is 0.506 e. The molecule has 1 rings (SSSR count). The Morgan fingerprint density at radius 3 is 2.86 bits per heavy atom. The van der Waals surface area contributed by atoms with E-state index in [0.29, 0.717) is 21.5 Å². The summed E-state index contributed by atoms with van der Waals surface area (Å²) >= 11 is 9.15. The Hall–Kier alpha value is -0.510. The number of phenolic OH excluding ortho intramolecular Hbond substituents is 1. The van der Waals surface area contributed by atoms with E-state index in [1.165, 1.54) is 0 Å². The van der Waals surface area contributed by atoms with Gasteiger partial charge in [0.05, 0.1) is 4.47 Å². The van der Waals surface area contributed by atoms with Crippen LogP contribution in [0, 0.1) is 0 Å². The highest BCUT2D eigenvalue weighted by molar-refractivity contribution is 9.10. The molecule has 3 N–H and O–H groups in total. The number of benzene rings is 1. The Morgan fingerprint density at radius 1 is 1.64 bits per heavy atom. The Morgan fingerprint density at radius 2 is 2.29 bits per heavy atom. The van der Waals surface area contributed by atoms with Crippen LogP contribution in [0.25, 0.3) is 0 Å². The van der Waals surface area contributed by atoms with Crippen LogP contribution in [0.5, 0.6) is 5.75 Å². The molecule has 0 fully saturated rings. The zero-order valence-corrected chi connectivity index (χ0v) is 9.85. The number of halogens is 2. The van der Waals surface area contributed by atoms with Crippen LogP contribution in [0.1, 0.15) is 18.0 Å². The molecule has 0 radical (unpaired) electrons. The minimum Gasteiger partial charge on any atom is -0.506 e. The summed E-state index contributed by atoms with van der Waals surface area (Å²) in [5, 5.41) is 10.2. The van der Waals surface area contributed by atoms with Crippen molar-refractivity contribution in [2.45, 2.75) is 12.5 Å². The Kier molecular flexibility index (Phi) is 3.98. The van der Waals surface area contributed by atoms with E-state index in [-0.39, 0.29) is 11.8 Å². The lowest BCUT2D eigenvalue weighted by Gasteiger charge is -2.14. The minimum absolute atomic E-state index is 0.104.